The van der Waals surface area contributed by atoms with E-state index < -0.39 is 22.0 Å². The second-order valence-corrected chi connectivity index (χ2v) is 7.47. The molecule has 0 atom stereocenters. The summed E-state index contributed by atoms with van der Waals surface area (Å²) >= 11 is 0. The Bertz CT molecular complexity index is 810. The molecule has 0 saturated heterocycles. The summed E-state index contributed by atoms with van der Waals surface area (Å²) in [6.45, 7) is 1.87. The van der Waals surface area contributed by atoms with Gasteiger partial charge in [-0.2, -0.15) is 0 Å². The van der Waals surface area contributed by atoms with Crippen LogP contribution >= 0.6 is 0 Å². The highest BCUT2D eigenvalue weighted by molar-refractivity contribution is 7.89. The van der Waals surface area contributed by atoms with Crippen LogP contribution in [0.15, 0.2) is 21.7 Å². The molecular weight excluding hydrogens is 328 g/mol. The Morgan fingerprint density at radius 2 is 2.09 bits per heavy atom. The van der Waals surface area contributed by atoms with Crippen molar-refractivity contribution in [2.75, 3.05) is 0 Å². The highest BCUT2D eigenvalue weighted by Crippen LogP contribution is 2.33. The van der Waals surface area contributed by atoms with E-state index in [0.717, 1.165) is 0 Å². The van der Waals surface area contributed by atoms with Crippen LogP contribution in [0.4, 0.5) is 8.78 Å². The van der Waals surface area contributed by atoms with Gasteiger partial charge in [0.05, 0.1) is 17.3 Å². The predicted octanol–water partition coefficient (Wildman–Crippen LogP) is 2.64. The monoisotopic (exact) mass is 345 g/mol. The number of hydrogen-bond acceptors (Lipinski definition) is 5. The van der Waals surface area contributed by atoms with Gasteiger partial charge < -0.3 is 4.52 Å². The largest absolute Gasteiger partial charge is 0.336 e. The molecule has 0 spiro atoms. The molecule has 3 rings (SSSR count). The molecule has 2 heterocycles. The van der Waals surface area contributed by atoms with Gasteiger partial charge in [-0.3, -0.25) is 0 Å². The van der Waals surface area contributed by atoms with Crippen LogP contribution in [0.2, 0.25) is 0 Å². The van der Waals surface area contributed by atoms with Crippen LogP contribution in [0.5, 0.6) is 0 Å². The predicted molar refractivity (Wildman–Crippen MR) is 78.7 cm³/mol. The third kappa shape index (κ3) is 3.35. The Morgan fingerprint density at radius 1 is 1.39 bits per heavy atom. The molecule has 0 unspecified atom stereocenters. The number of nitrogens with one attached hydrogen (secondary N) is 1. The highest BCUT2D eigenvalue weighted by Gasteiger charge is 2.36. The smallest absolute Gasteiger partial charge is 0.258 e. The summed E-state index contributed by atoms with van der Waals surface area (Å²) < 4.78 is 58.7. The Hall–Kier alpha value is -1.61. The number of fused-ring (bicyclic) bond motifs is 1. The molecule has 1 saturated carbocycles. The van der Waals surface area contributed by atoms with E-state index in [1.54, 1.807) is 0 Å². The molecule has 23 heavy (non-hydrogen) atoms. The van der Waals surface area contributed by atoms with Crippen LogP contribution in [0.3, 0.4) is 0 Å². The molecule has 1 N–H and O–H groups in total. The van der Waals surface area contributed by atoms with E-state index in [2.05, 4.69) is 14.9 Å². The Morgan fingerprint density at radius 3 is 2.74 bits per heavy atom. The van der Waals surface area contributed by atoms with Crippen LogP contribution in [0, 0.1) is 0 Å². The summed E-state index contributed by atoms with van der Waals surface area (Å²) in [5, 5.41) is 4.38. The molecule has 0 aliphatic heterocycles. The van der Waals surface area contributed by atoms with Crippen molar-refractivity contribution >= 4 is 21.1 Å². The van der Waals surface area contributed by atoms with Gasteiger partial charge in [0, 0.05) is 18.9 Å². The summed E-state index contributed by atoms with van der Waals surface area (Å²) in [6, 6.07) is 0.973. The third-order valence-electron chi connectivity index (χ3n) is 4.06. The van der Waals surface area contributed by atoms with Crippen LogP contribution in [0.1, 0.15) is 38.3 Å². The second-order valence-electron chi connectivity index (χ2n) is 5.76. The summed E-state index contributed by atoms with van der Waals surface area (Å²) in [7, 11) is -3.82. The van der Waals surface area contributed by atoms with E-state index >= 15 is 0 Å². The summed E-state index contributed by atoms with van der Waals surface area (Å²) in [4.78, 5) is 3.95. The molecule has 9 heteroatoms. The second kappa shape index (κ2) is 5.79. The van der Waals surface area contributed by atoms with Crippen LogP contribution in [0.25, 0.3) is 11.1 Å². The zero-order chi connectivity index (χ0) is 16.7. The molecule has 126 valence electrons. The minimum Gasteiger partial charge on any atom is -0.336 e. The average Bonchev–Trinajstić information content (AvgIpc) is 2.91. The summed E-state index contributed by atoms with van der Waals surface area (Å²) in [5.41, 5.74) is 0.903. The Kier molecular flexibility index (Phi) is 4.09. The first kappa shape index (κ1) is 16.3. The van der Waals surface area contributed by atoms with E-state index in [0.29, 0.717) is 17.5 Å². The number of hydrogen-bond donors (Lipinski definition) is 1. The van der Waals surface area contributed by atoms with Gasteiger partial charge in [-0.05, 0) is 25.3 Å². The van der Waals surface area contributed by atoms with Crippen LogP contribution in [-0.2, 0) is 16.4 Å². The Balaban J connectivity index is 1.82. The van der Waals surface area contributed by atoms with E-state index in [-0.39, 0.29) is 36.3 Å². The van der Waals surface area contributed by atoms with Crippen molar-refractivity contribution < 1.29 is 21.7 Å². The van der Waals surface area contributed by atoms with Crippen LogP contribution in [-0.4, -0.2) is 30.5 Å². The van der Waals surface area contributed by atoms with Gasteiger partial charge in [0.15, 0.2) is 0 Å². The van der Waals surface area contributed by atoms with Crippen molar-refractivity contribution in [2.45, 2.75) is 55.9 Å². The molecule has 0 bridgehead atoms. The van der Waals surface area contributed by atoms with Gasteiger partial charge >= 0.3 is 0 Å². The van der Waals surface area contributed by atoms with Crippen LogP contribution < -0.4 is 4.72 Å². The molecule has 0 amide bonds. The van der Waals surface area contributed by atoms with E-state index in [4.69, 9.17) is 4.52 Å². The average molecular weight is 345 g/mol. The topological polar surface area (TPSA) is 85.1 Å². The minimum atomic E-state index is -3.82. The SMILES string of the molecule is CCc1noc2ncc(S(=O)(=O)NC3CCC(F)(F)CC3)cc12. The van der Waals surface area contributed by atoms with Gasteiger partial charge in [-0.15, -0.1) is 0 Å². The lowest BCUT2D eigenvalue weighted by Crippen LogP contribution is -2.40. The fourth-order valence-electron chi connectivity index (χ4n) is 2.71. The minimum absolute atomic E-state index is 0.0137. The summed E-state index contributed by atoms with van der Waals surface area (Å²) in [6.07, 6.45) is 1.41. The molecule has 2 aromatic heterocycles. The number of halogens is 2. The van der Waals surface area contributed by atoms with Gasteiger partial charge in [0.1, 0.15) is 4.90 Å². The van der Waals surface area contributed by atoms with Crippen molar-refractivity contribution in [2.24, 2.45) is 0 Å². The van der Waals surface area contributed by atoms with Gasteiger partial charge in [-0.1, -0.05) is 12.1 Å². The lowest BCUT2D eigenvalue weighted by Gasteiger charge is -2.28. The molecule has 1 fully saturated rings. The molecular formula is C14H17F2N3O3S. The normalized spacial score (nSPS) is 19.3. The number of rotatable bonds is 4. The first-order chi connectivity index (χ1) is 10.8. The fraction of sp³-hybridized carbons (Fsp3) is 0.571. The molecule has 6 nitrogen and oxygen atoms in total. The van der Waals surface area contributed by atoms with E-state index in [9.17, 15) is 17.2 Å². The zero-order valence-electron chi connectivity index (χ0n) is 12.6. The number of nitrogens with zero attached hydrogens (tertiary/aromatic N) is 2. The first-order valence-electron chi connectivity index (χ1n) is 7.45. The standard InChI is InChI=1S/C14H17F2N3O3S/c1-2-12-11-7-10(8-17-13(11)22-18-12)23(20,21)19-9-3-5-14(15,16)6-4-9/h7-9,19H,2-6H2,1H3. The number of aryl methyl sites for hydroxylation is 1. The lowest BCUT2D eigenvalue weighted by molar-refractivity contribution is -0.0387. The number of alkyl halides is 2. The highest BCUT2D eigenvalue weighted by atomic mass is 32.2. The first-order valence-corrected chi connectivity index (χ1v) is 8.93. The number of aromatic nitrogens is 2. The van der Waals surface area contributed by atoms with Crippen molar-refractivity contribution in [3.05, 3.63) is 18.0 Å². The maximum absolute atomic E-state index is 13.2. The Labute approximate surface area is 132 Å². The zero-order valence-corrected chi connectivity index (χ0v) is 13.4. The molecule has 1 aliphatic rings. The number of pyridine rings is 1. The van der Waals surface area contributed by atoms with Crippen molar-refractivity contribution in [3.63, 3.8) is 0 Å². The molecule has 0 aromatic carbocycles. The van der Waals surface area contributed by atoms with Gasteiger partial charge in [-0.25, -0.2) is 26.9 Å². The van der Waals surface area contributed by atoms with Crippen molar-refractivity contribution in [1.82, 2.24) is 14.9 Å². The lowest BCUT2D eigenvalue weighted by atomic mass is 9.93. The molecule has 1 aliphatic carbocycles. The van der Waals surface area contributed by atoms with E-state index in [1.165, 1.54) is 12.3 Å². The molecule has 0 radical (unpaired) electrons. The van der Waals surface area contributed by atoms with Crippen molar-refractivity contribution in [3.8, 4) is 0 Å². The van der Waals surface area contributed by atoms with Gasteiger partial charge in [0.25, 0.3) is 5.71 Å². The maximum atomic E-state index is 13.2. The van der Waals surface area contributed by atoms with E-state index in [1.807, 2.05) is 6.92 Å². The maximum Gasteiger partial charge on any atom is 0.258 e. The third-order valence-corrected chi connectivity index (χ3v) is 5.55. The number of sulfonamides is 1. The van der Waals surface area contributed by atoms with Crippen molar-refractivity contribution in [1.29, 1.82) is 0 Å². The quantitative estimate of drug-likeness (QED) is 0.921. The summed E-state index contributed by atoms with van der Waals surface area (Å²) in [5.74, 6) is -2.69. The van der Waals surface area contributed by atoms with Gasteiger partial charge in [0.2, 0.25) is 15.9 Å². The molecule has 2 aromatic rings. The fourth-order valence-corrected chi connectivity index (χ4v) is 3.98.